The van der Waals surface area contributed by atoms with Gasteiger partial charge in [-0.2, -0.15) is 4.98 Å². The molecule has 0 saturated heterocycles. The number of ether oxygens (including phenoxy) is 3. The number of benzene rings is 2. The van der Waals surface area contributed by atoms with E-state index in [0.29, 0.717) is 6.54 Å². The van der Waals surface area contributed by atoms with Gasteiger partial charge in [0.1, 0.15) is 11.6 Å². The van der Waals surface area contributed by atoms with Gasteiger partial charge in [-0.3, -0.25) is 0 Å². The van der Waals surface area contributed by atoms with Crippen molar-refractivity contribution in [1.82, 2.24) is 9.97 Å². The van der Waals surface area contributed by atoms with Gasteiger partial charge in [0.25, 0.3) is 0 Å². The second-order valence-electron chi connectivity index (χ2n) is 6.81. The summed E-state index contributed by atoms with van der Waals surface area (Å²) in [5.41, 5.74) is 8.86. The van der Waals surface area contributed by atoms with Crippen LogP contribution in [-0.2, 0) is 6.54 Å². The Morgan fingerprint density at radius 3 is 2.76 bits per heavy atom. The van der Waals surface area contributed by atoms with Gasteiger partial charge in [0, 0.05) is 24.7 Å². The SMILES string of the molecule is CCCN(Cc1ccc2c(c1)OCO2)c1cc(-c2cccc(OC)c2)nc(N)n1. The second-order valence-corrected chi connectivity index (χ2v) is 6.81. The quantitative estimate of drug-likeness (QED) is 0.653. The monoisotopic (exact) mass is 392 g/mol. The molecule has 0 radical (unpaired) electrons. The van der Waals surface area contributed by atoms with Crippen LogP contribution < -0.4 is 24.8 Å². The van der Waals surface area contributed by atoms with Gasteiger partial charge in [-0.15, -0.1) is 0 Å². The molecule has 7 nitrogen and oxygen atoms in total. The Kier molecular flexibility index (Phi) is 5.37. The highest BCUT2D eigenvalue weighted by Gasteiger charge is 2.16. The third-order valence-electron chi connectivity index (χ3n) is 4.72. The van der Waals surface area contributed by atoms with E-state index in [1.807, 2.05) is 48.5 Å². The van der Waals surface area contributed by atoms with E-state index < -0.39 is 0 Å². The molecule has 7 heteroatoms. The zero-order valence-corrected chi connectivity index (χ0v) is 16.6. The summed E-state index contributed by atoms with van der Waals surface area (Å²) in [6.45, 7) is 3.92. The molecule has 0 unspecified atom stereocenters. The maximum Gasteiger partial charge on any atom is 0.231 e. The average Bonchev–Trinajstić information content (AvgIpc) is 3.21. The smallest absolute Gasteiger partial charge is 0.231 e. The third kappa shape index (κ3) is 4.18. The minimum atomic E-state index is 0.243. The Morgan fingerprint density at radius 1 is 1.07 bits per heavy atom. The molecule has 0 aliphatic carbocycles. The van der Waals surface area contributed by atoms with Crippen LogP contribution in [0.5, 0.6) is 17.2 Å². The second kappa shape index (κ2) is 8.26. The molecule has 2 heterocycles. The highest BCUT2D eigenvalue weighted by Crippen LogP contribution is 2.33. The summed E-state index contributed by atoms with van der Waals surface area (Å²) in [6.07, 6.45) is 0.975. The number of methoxy groups -OCH3 is 1. The van der Waals surface area contributed by atoms with E-state index in [9.17, 15) is 0 Å². The number of anilines is 2. The predicted molar refractivity (Wildman–Crippen MR) is 112 cm³/mol. The van der Waals surface area contributed by atoms with E-state index in [2.05, 4.69) is 21.8 Å². The van der Waals surface area contributed by atoms with Gasteiger partial charge in [0.2, 0.25) is 12.7 Å². The predicted octanol–water partition coefficient (Wildman–Crippen LogP) is 3.88. The first kappa shape index (κ1) is 18.9. The van der Waals surface area contributed by atoms with Crippen molar-refractivity contribution in [2.24, 2.45) is 0 Å². The molecule has 1 aromatic heterocycles. The zero-order valence-electron chi connectivity index (χ0n) is 16.6. The molecule has 0 saturated carbocycles. The highest BCUT2D eigenvalue weighted by molar-refractivity contribution is 5.66. The Balaban J connectivity index is 1.65. The molecule has 1 aliphatic heterocycles. The number of aromatic nitrogens is 2. The van der Waals surface area contributed by atoms with E-state index in [1.54, 1.807) is 7.11 Å². The van der Waals surface area contributed by atoms with Crippen molar-refractivity contribution in [3.8, 4) is 28.5 Å². The molecule has 0 fully saturated rings. The maximum absolute atomic E-state index is 6.05. The summed E-state index contributed by atoms with van der Waals surface area (Å²) in [7, 11) is 1.65. The molecule has 0 atom stereocenters. The lowest BCUT2D eigenvalue weighted by Crippen LogP contribution is -2.25. The van der Waals surface area contributed by atoms with Crippen LogP contribution in [0.25, 0.3) is 11.3 Å². The van der Waals surface area contributed by atoms with Gasteiger partial charge < -0.3 is 24.8 Å². The minimum absolute atomic E-state index is 0.243. The largest absolute Gasteiger partial charge is 0.497 e. The van der Waals surface area contributed by atoms with Crippen molar-refractivity contribution >= 4 is 11.8 Å². The number of hydrogen-bond donors (Lipinski definition) is 1. The number of fused-ring (bicyclic) bond motifs is 1. The number of nitrogens with two attached hydrogens (primary N) is 1. The Bertz CT molecular complexity index is 1010. The molecule has 2 aromatic carbocycles. The first-order valence-electron chi connectivity index (χ1n) is 9.58. The van der Waals surface area contributed by atoms with Gasteiger partial charge in [-0.05, 0) is 36.2 Å². The number of nitrogens with zero attached hydrogens (tertiary/aromatic N) is 3. The zero-order chi connectivity index (χ0) is 20.2. The third-order valence-corrected chi connectivity index (χ3v) is 4.72. The van der Waals surface area contributed by atoms with Gasteiger partial charge in [0.05, 0.1) is 12.8 Å². The molecule has 3 aromatic rings. The van der Waals surface area contributed by atoms with Crippen LogP contribution in [0.15, 0.2) is 48.5 Å². The van der Waals surface area contributed by atoms with Crippen molar-refractivity contribution in [3.05, 3.63) is 54.1 Å². The molecule has 0 amide bonds. The molecular weight excluding hydrogens is 368 g/mol. The Morgan fingerprint density at radius 2 is 1.93 bits per heavy atom. The van der Waals surface area contributed by atoms with Crippen LogP contribution in [0.3, 0.4) is 0 Å². The fourth-order valence-corrected chi connectivity index (χ4v) is 3.35. The van der Waals surface area contributed by atoms with Crippen LogP contribution >= 0.6 is 0 Å². The van der Waals surface area contributed by atoms with Crippen molar-refractivity contribution in [1.29, 1.82) is 0 Å². The van der Waals surface area contributed by atoms with Gasteiger partial charge in [0.15, 0.2) is 11.5 Å². The summed E-state index contributed by atoms with van der Waals surface area (Å²) < 4.78 is 16.2. The Labute approximate surface area is 170 Å². The molecule has 0 spiro atoms. The Hall–Kier alpha value is -3.48. The molecule has 4 rings (SSSR count). The lowest BCUT2D eigenvalue weighted by molar-refractivity contribution is 0.174. The lowest BCUT2D eigenvalue weighted by atomic mass is 10.1. The van der Waals surface area contributed by atoms with Crippen LogP contribution in [0.1, 0.15) is 18.9 Å². The van der Waals surface area contributed by atoms with E-state index in [-0.39, 0.29) is 12.7 Å². The summed E-state index contributed by atoms with van der Waals surface area (Å²) in [6, 6.07) is 15.7. The van der Waals surface area contributed by atoms with E-state index in [4.69, 9.17) is 19.9 Å². The molecule has 29 heavy (non-hydrogen) atoms. The molecular formula is C22H24N4O3. The van der Waals surface area contributed by atoms with E-state index in [0.717, 1.165) is 52.9 Å². The lowest BCUT2D eigenvalue weighted by Gasteiger charge is -2.24. The van der Waals surface area contributed by atoms with Crippen LogP contribution in [0.2, 0.25) is 0 Å². The van der Waals surface area contributed by atoms with Crippen molar-refractivity contribution in [2.45, 2.75) is 19.9 Å². The fourth-order valence-electron chi connectivity index (χ4n) is 3.35. The number of nitrogen functional groups attached to an aromatic ring is 1. The molecule has 2 N–H and O–H groups in total. The molecule has 1 aliphatic rings. The van der Waals surface area contributed by atoms with Crippen LogP contribution in [0, 0.1) is 0 Å². The normalized spacial score (nSPS) is 12.1. The summed E-state index contributed by atoms with van der Waals surface area (Å²) in [4.78, 5) is 11.1. The molecule has 0 bridgehead atoms. The first-order valence-corrected chi connectivity index (χ1v) is 9.58. The maximum atomic E-state index is 6.05. The van der Waals surface area contributed by atoms with Crippen molar-refractivity contribution in [2.75, 3.05) is 31.1 Å². The summed E-state index contributed by atoms with van der Waals surface area (Å²) in [5, 5.41) is 0. The number of rotatable bonds is 7. The number of hydrogen-bond acceptors (Lipinski definition) is 7. The average molecular weight is 392 g/mol. The fraction of sp³-hybridized carbons (Fsp3) is 0.273. The van der Waals surface area contributed by atoms with Crippen molar-refractivity contribution < 1.29 is 14.2 Å². The van der Waals surface area contributed by atoms with Crippen LogP contribution in [-0.4, -0.2) is 30.4 Å². The van der Waals surface area contributed by atoms with E-state index in [1.165, 1.54) is 0 Å². The summed E-state index contributed by atoms with van der Waals surface area (Å²) >= 11 is 0. The molecule has 150 valence electrons. The minimum Gasteiger partial charge on any atom is -0.497 e. The van der Waals surface area contributed by atoms with Gasteiger partial charge >= 0.3 is 0 Å². The van der Waals surface area contributed by atoms with Gasteiger partial charge in [-0.25, -0.2) is 4.98 Å². The van der Waals surface area contributed by atoms with Crippen molar-refractivity contribution in [3.63, 3.8) is 0 Å². The standard InChI is InChI=1S/C22H24N4O3/c1-3-9-26(13-15-7-8-19-20(10-15)29-14-28-19)21-12-18(24-22(23)25-21)16-5-4-6-17(11-16)27-2/h4-8,10-12H,3,9,13-14H2,1-2H3,(H2,23,24,25). The van der Waals surface area contributed by atoms with Gasteiger partial charge in [-0.1, -0.05) is 25.1 Å². The first-order chi connectivity index (χ1) is 14.2. The summed E-state index contributed by atoms with van der Waals surface area (Å²) in [5.74, 6) is 3.36. The van der Waals surface area contributed by atoms with Crippen LogP contribution in [0.4, 0.5) is 11.8 Å². The topological polar surface area (TPSA) is 82.7 Å². The highest BCUT2D eigenvalue weighted by atomic mass is 16.7. The van der Waals surface area contributed by atoms with E-state index >= 15 is 0 Å².